The van der Waals surface area contributed by atoms with Crippen molar-refractivity contribution >= 4 is 28.4 Å². The number of benzene rings is 3. The van der Waals surface area contributed by atoms with Gasteiger partial charge in [0.2, 0.25) is 0 Å². The quantitative estimate of drug-likeness (QED) is 0.356. The Labute approximate surface area is 216 Å². The SMILES string of the molecule is COC(=O)C1=C(C)NC2=C(C(=O)c3ccccc32)[C@H]1c1c(C)n(Cc2cccc(C)c2)c2ccccc12. The average molecular weight is 489 g/mol. The van der Waals surface area contributed by atoms with Crippen molar-refractivity contribution in [2.45, 2.75) is 33.2 Å². The lowest BCUT2D eigenvalue weighted by atomic mass is 9.78. The van der Waals surface area contributed by atoms with Crippen molar-refractivity contribution in [3.8, 4) is 0 Å². The zero-order valence-corrected chi connectivity index (χ0v) is 21.4. The number of hydrogen-bond donors (Lipinski definition) is 1. The van der Waals surface area contributed by atoms with Crippen LogP contribution in [0.25, 0.3) is 16.6 Å². The van der Waals surface area contributed by atoms with Crippen molar-refractivity contribution in [1.82, 2.24) is 9.88 Å². The minimum atomic E-state index is -0.549. The number of dihydropyridines is 1. The summed E-state index contributed by atoms with van der Waals surface area (Å²) in [5.74, 6) is -1.03. The van der Waals surface area contributed by atoms with Crippen LogP contribution in [-0.4, -0.2) is 23.4 Å². The molecule has 5 heteroatoms. The number of esters is 1. The Morgan fingerprint density at radius 1 is 0.946 bits per heavy atom. The van der Waals surface area contributed by atoms with Gasteiger partial charge in [0.05, 0.1) is 24.3 Å². The lowest BCUT2D eigenvalue weighted by molar-refractivity contribution is -0.136. The van der Waals surface area contributed by atoms with Crippen LogP contribution < -0.4 is 5.32 Å². The number of ether oxygens (including phenoxy) is 1. The summed E-state index contributed by atoms with van der Waals surface area (Å²) in [6.45, 7) is 6.76. The second-order valence-electron chi connectivity index (χ2n) is 9.84. The number of aromatic nitrogens is 1. The largest absolute Gasteiger partial charge is 0.466 e. The fourth-order valence-electron chi connectivity index (χ4n) is 6.02. The van der Waals surface area contributed by atoms with Crippen molar-refractivity contribution in [2.75, 3.05) is 7.11 Å². The Morgan fingerprint density at radius 3 is 2.43 bits per heavy atom. The first-order valence-electron chi connectivity index (χ1n) is 12.5. The number of Topliss-reactive ketones (excluding diaryl/α,β-unsaturated/α-hetero) is 1. The molecule has 0 fully saturated rings. The van der Waals surface area contributed by atoms with Gasteiger partial charge in [-0.15, -0.1) is 0 Å². The third-order valence-electron chi connectivity index (χ3n) is 7.65. The van der Waals surface area contributed by atoms with E-state index in [9.17, 15) is 9.59 Å². The highest BCUT2D eigenvalue weighted by atomic mass is 16.5. The summed E-state index contributed by atoms with van der Waals surface area (Å²) >= 11 is 0. The minimum absolute atomic E-state index is 0.0491. The normalized spacial score (nSPS) is 16.6. The molecule has 2 heterocycles. The maximum atomic E-state index is 13.9. The summed E-state index contributed by atoms with van der Waals surface area (Å²) in [5.41, 5.74) is 9.57. The standard InChI is InChI=1S/C32H28N2O3/c1-18-10-9-11-21(16-18)17-34-20(3)27(24-14-7-8-15-25(24)34)28-26(32(36)37-4)19(2)33-30-22-12-5-6-13-23(22)31(35)29(28)30/h5-16,28,33H,17H2,1-4H3/t28-/m1/s1. The van der Waals surface area contributed by atoms with Gasteiger partial charge in [-0.05, 0) is 38.0 Å². The molecule has 0 amide bonds. The van der Waals surface area contributed by atoms with Gasteiger partial charge >= 0.3 is 5.97 Å². The number of nitrogens with one attached hydrogen (secondary N) is 1. The Kier molecular flexibility index (Phi) is 5.37. The summed E-state index contributed by atoms with van der Waals surface area (Å²) in [5, 5.41) is 4.41. The monoisotopic (exact) mass is 488 g/mol. The first-order chi connectivity index (χ1) is 17.9. The van der Waals surface area contributed by atoms with E-state index < -0.39 is 11.9 Å². The predicted octanol–water partition coefficient (Wildman–Crippen LogP) is 6.05. The fraction of sp³-hybridized carbons (Fsp3) is 0.188. The van der Waals surface area contributed by atoms with Gasteiger partial charge < -0.3 is 14.6 Å². The summed E-state index contributed by atoms with van der Waals surface area (Å²) in [7, 11) is 1.39. The van der Waals surface area contributed by atoms with Gasteiger partial charge in [0.1, 0.15) is 0 Å². The molecule has 0 unspecified atom stereocenters. The molecule has 37 heavy (non-hydrogen) atoms. The summed E-state index contributed by atoms with van der Waals surface area (Å²) in [6, 6.07) is 24.4. The van der Waals surface area contributed by atoms with Crippen molar-refractivity contribution < 1.29 is 14.3 Å². The van der Waals surface area contributed by atoms with Crippen molar-refractivity contribution in [1.29, 1.82) is 0 Å². The molecule has 2 aliphatic rings. The number of ketones is 1. The maximum Gasteiger partial charge on any atom is 0.336 e. The van der Waals surface area contributed by atoms with Crippen LogP contribution in [0, 0.1) is 13.8 Å². The first kappa shape index (κ1) is 23.0. The fourth-order valence-corrected chi connectivity index (χ4v) is 6.02. The second kappa shape index (κ2) is 8.63. The van der Waals surface area contributed by atoms with E-state index in [1.807, 2.05) is 43.3 Å². The lowest BCUT2D eigenvalue weighted by Crippen LogP contribution is -2.29. The van der Waals surface area contributed by atoms with Crippen molar-refractivity contribution in [3.05, 3.63) is 123 Å². The van der Waals surface area contributed by atoms with Crippen LogP contribution in [0.2, 0.25) is 0 Å². The van der Waals surface area contributed by atoms with Crippen LogP contribution in [0.5, 0.6) is 0 Å². The average Bonchev–Trinajstić information content (AvgIpc) is 3.34. The van der Waals surface area contributed by atoms with E-state index in [4.69, 9.17) is 4.74 Å². The number of carbonyl (C=O) groups excluding carboxylic acids is 2. The highest BCUT2D eigenvalue weighted by Gasteiger charge is 2.44. The zero-order chi connectivity index (χ0) is 25.8. The molecule has 5 nitrogen and oxygen atoms in total. The Balaban J connectivity index is 1.62. The van der Waals surface area contributed by atoms with E-state index in [2.05, 4.69) is 60.1 Å². The number of para-hydroxylation sites is 1. The van der Waals surface area contributed by atoms with Crippen LogP contribution in [0.3, 0.4) is 0 Å². The van der Waals surface area contributed by atoms with Crippen LogP contribution in [0.1, 0.15) is 51.1 Å². The Hall–Kier alpha value is -4.38. The van der Waals surface area contributed by atoms with Gasteiger partial charge in [0, 0.05) is 45.5 Å². The number of methoxy groups -OCH3 is 1. The minimum Gasteiger partial charge on any atom is -0.466 e. The first-order valence-corrected chi connectivity index (χ1v) is 12.5. The maximum absolute atomic E-state index is 13.9. The molecule has 4 aromatic rings. The summed E-state index contributed by atoms with van der Waals surface area (Å²) in [4.78, 5) is 27.1. The topological polar surface area (TPSA) is 60.3 Å². The molecule has 6 rings (SSSR count). The molecule has 184 valence electrons. The number of rotatable bonds is 4. The van der Waals surface area contributed by atoms with Crippen LogP contribution in [0.15, 0.2) is 89.6 Å². The molecule has 1 atom stereocenters. The molecule has 0 saturated heterocycles. The molecule has 0 spiro atoms. The third kappa shape index (κ3) is 3.45. The van der Waals surface area contributed by atoms with E-state index in [1.54, 1.807) is 0 Å². The lowest BCUT2D eigenvalue weighted by Gasteiger charge is -2.29. The molecule has 1 aliphatic carbocycles. The molecule has 0 radical (unpaired) electrons. The highest BCUT2D eigenvalue weighted by Crippen LogP contribution is 2.49. The van der Waals surface area contributed by atoms with E-state index in [1.165, 1.54) is 18.2 Å². The number of aryl methyl sites for hydroxylation is 1. The van der Waals surface area contributed by atoms with Crippen molar-refractivity contribution in [3.63, 3.8) is 0 Å². The van der Waals surface area contributed by atoms with Gasteiger partial charge in [0.15, 0.2) is 5.78 Å². The third-order valence-corrected chi connectivity index (χ3v) is 7.65. The molecule has 0 saturated carbocycles. The summed E-state index contributed by atoms with van der Waals surface area (Å²) < 4.78 is 7.55. The predicted molar refractivity (Wildman–Crippen MR) is 145 cm³/mol. The van der Waals surface area contributed by atoms with Gasteiger partial charge in [-0.25, -0.2) is 4.79 Å². The van der Waals surface area contributed by atoms with Crippen LogP contribution in [0.4, 0.5) is 0 Å². The molecular formula is C32H28N2O3. The number of fused-ring (bicyclic) bond motifs is 3. The molecule has 1 N–H and O–H groups in total. The number of nitrogens with zero attached hydrogens (tertiary/aromatic N) is 1. The highest BCUT2D eigenvalue weighted by molar-refractivity contribution is 6.23. The van der Waals surface area contributed by atoms with Crippen LogP contribution >= 0.6 is 0 Å². The van der Waals surface area contributed by atoms with Crippen LogP contribution in [-0.2, 0) is 16.1 Å². The molecular weight excluding hydrogens is 460 g/mol. The van der Waals surface area contributed by atoms with Gasteiger partial charge in [-0.2, -0.15) is 0 Å². The smallest absolute Gasteiger partial charge is 0.336 e. The van der Waals surface area contributed by atoms with E-state index in [0.717, 1.165) is 33.4 Å². The molecule has 1 aliphatic heterocycles. The molecule has 3 aromatic carbocycles. The Bertz CT molecular complexity index is 1690. The number of carbonyl (C=O) groups is 2. The van der Waals surface area contributed by atoms with E-state index in [-0.39, 0.29) is 5.78 Å². The van der Waals surface area contributed by atoms with Gasteiger partial charge in [-0.1, -0.05) is 72.3 Å². The number of hydrogen-bond acceptors (Lipinski definition) is 4. The number of allylic oxidation sites excluding steroid dienone is 2. The zero-order valence-electron chi connectivity index (χ0n) is 21.4. The summed E-state index contributed by atoms with van der Waals surface area (Å²) in [6.07, 6.45) is 0. The Morgan fingerprint density at radius 2 is 1.68 bits per heavy atom. The second-order valence-corrected chi connectivity index (χ2v) is 9.84. The van der Waals surface area contributed by atoms with Gasteiger partial charge in [-0.3, -0.25) is 4.79 Å². The molecule has 0 bridgehead atoms. The van der Waals surface area contributed by atoms with Gasteiger partial charge in [0.25, 0.3) is 0 Å². The van der Waals surface area contributed by atoms with E-state index >= 15 is 0 Å². The van der Waals surface area contributed by atoms with E-state index in [0.29, 0.717) is 29.0 Å². The van der Waals surface area contributed by atoms with Crippen molar-refractivity contribution in [2.24, 2.45) is 0 Å². The molecule has 1 aromatic heterocycles.